The highest BCUT2D eigenvalue weighted by Gasteiger charge is 2.18. The van der Waals surface area contributed by atoms with Gasteiger partial charge in [-0.05, 0) is 31.5 Å². The minimum absolute atomic E-state index is 0.0863. The molecule has 0 unspecified atom stereocenters. The van der Waals surface area contributed by atoms with E-state index in [1.807, 2.05) is 0 Å². The first-order valence-corrected chi connectivity index (χ1v) is 7.69. The maximum absolute atomic E-state index is 13.7. The van der Waals surface area contributed by atoms with E-state index in [0.717, 1.165) is 10.2 Å². The summed E-state index contributed by atoms with van der Waals surface area (Å²) in [5.41, 5.74) is 0.401. The Morgan fingerprint density at radius 1 is 1.43 bits per heavy atom. The van der Waals surface area contributed by atoms with Gasteiger partial charge in [0, 0.05) is 11.1 Å². The first kappa shape index (κ1) is 15.2. The number of benzene rings is 1. The van der Waals surface area contributed by atoms with Gasteiger partial charge >= 0.3 is 5.97 Å². The van der Waals surface area contributed by atoms with E-state index >= 15 is 0 Å². The number of rotatable bonds is 4. The van der Waals surface area contributed by atoms with E-state index in [-0.39, 0.29) is 28.0 Å². The van der Waals surface area contributed by atoms with Crippen molar-refractivity contribution >= 4 is 16.0 Å². The lowest BCUT2D eigenvalue weighted by atomic mass is 10.00. The molecule has 21 heavy (non-hydrogen) atoms. The lowest BCUT2D eigenvalue weighted by molar-refractivity contribution is 0.0697. The number of aromatic nitrogens is 2. The third-order valence-electron chi connectivity index (χ3n) is 3.05. The molecule has 6 nitrogen and oxygen atoms in total. The fourth-order valence-electron chi connectivity index (χ4n) is 1.83. The van der Waals surface area contributed by atoms with Gasteiger partial charge in [-0.25, -0.2) is 17.6 Å². The summed E-state index contributed by atoms with van der Waals surface area (Å²) in [6.07, 6.45) is 2.37. The van der Waals surface area contributed by atoms with Crippen LogP contribution in [-0.2, 0) is 10.0 Å². The molecule has 8 heteroatoms. The van der Waals surface area contributed by atoms with Gasteiger partial charge in [0.15, 0.2) is 0 Å². The molecular formula is C13H13FN2O4S. The number of hydrogen-bond donors (Lipinski definition) is 1. The van der Waals surface area contributed by atoms with Crippen molar-refractivity contribution in [3.8, 4) is 11.1 Å². The Morgan fingerprint density at radius 2 is 2.10 bits per heavy atom. The number of carbonyl (C=O) groups is 1. The predicted octanol–water partition coefficient (Wildman–Crippen LogP) is 1.89. The SMILES string of the molecule is CCS(=O)(=O)n1cc(-c2cc(F)c(C)cc2C(=O)O)cn1. The van der Waals surface area contributed by atoms with Crippen LogP contribution in [0.5, 0.6) is 0 Å². The van der Waals surface area contributed by atoms with E-state index in [0.29, 0.717) is 0 Å². The maximum Gasteiger partial charge on any atom is 0.336 e. The highest BCUT2D eigenvalue weighted by Crippen LogP contribution is 2.26. The molecule has 0 radical (unpaired) electrons. The second-order valence-corrected chi connectivity index (χ2v) is 6.57. The van der Waals surface area contributed by atoms with Crippen molar-refractivity contribution in [3.05, 3.63) is 41.5 Å². The van der Waals surface area contributed by atoms with Gasteiger partial charge in [-0.2, -0.15) is 9.19 Å². The van der Waals surface area contributed by atoms with Crippen molar-refractivity contribution in [3.63, 3.8) is 0 Å². The smallest absolute Gasteiger partial charge is 0.336 e. The monoisotopic (exact) mass is 312 g/mol. The van der Waals surface area contributed by atoms with Gasteiger partial charge in [0.05, 0.1) is 23.7 Å². The molecule has 112 valence electrons. The third-order valence-corrected chi connectivity index (χ3v) is 4.55. The minimum atomic E-state index is -3.57. The van der Waals surface area contributed by atoms with Crippen LogP contribution in [0.2, 0.25) is 0 Å². The molecule has 2 aromatic rings. The number of aryl methyl sites for hydroxylation is 1. The standard InChI is InChI=1S/C13H13FN2O4S/c1-3-21(19,20)16-7-9(6-15-16)10-5-12(14)8(2)4-11(10)13(17)18/h4-7H,3H2,1-2H3,(H,17,18). The van der Waals surface area contributed by atoms with Crippen LogP contribution in [0.15, 0.2) is 24.5 Å². The Hall–Kier alpha value is -2.22. The largest absolute Gasteiger partial charge is 0.478 e. The third kappa shape index (κ3) is 2.80. The molecule has 1 aromatic carbocycles. The van der Waals surface area contributed by atoms with Crippen LogP contribution < -0.4 is 0 Å². The highest BCUT2D eigenvalue weighted by molar-refractivity contribution is 7.89. The molecule has 0 saturated carbocycles. The molecule has 1 heterocycles. The lowest BCUT2D eigenvalue weighted by Gasteiger charge is -2.06. The van der Waals surface area contributed by atoms with Crippen molar-refractivity contribution in [1.29, 1.82) is 0 Å². The first-order chi connectivity index (χ1) is 9.76. The Labute approximate surface area is 120 Å². The van der Waals surface area contributed by atoms with E-state index in [1.165, 1.54) is 32.3 Å². The Kier molecular flexibility index (Phi) is 3.82. The summed E-state index contributed by atoms with van der Waals surface area (Å²) in [6, 6.07) is 2.28. The van der Waals surface area contributed by atoms with Crippen LogP contribution in [0.1, 0.15) is 22.8 Å². The topological polar surface area (TPSA) is 89.3 Å². The van der Waals surface area contributed by atoms with Crippen LogP contribution in [0.4, 0.5) is 4.39 Å². The molecule has 1 aromatic heterocycles. The van der Waals surface area contributed by atoms with Gasteiger partial charge < -0.3 is 5.11 Å². The molecule has 0 aliphatic heterocycles. The van der Waals surface area contributed by atoms with Gasteiger partial charge in [0.2, 0.25) is 0 Å². The van der Waals surface area contributed by atoms with Crippen molar-refractivity contribution in [1.82, 2.24) is 9.19 Å². The van der Waals surface area contributed by atoms with Gasteiger partial charge in [-0.1, -0.05) is 0 Å². The van der Waals surface area contributed by atoms with Crippen molar-refractivity contribution in [2.45, 2.75) is 13.8 Å². The number of hydrogen-bond acceptors (Lipinski definition) is 4. The summed E-state index contributed by atoms with van der Waals surface area (Å²) in [6.45, 7) is 2.92. The van der Waals surface area contributed by atoms with Gasteiger partial charge in [0.25, 0.3) is 10.0 Å². The quantitative estimate of drug-likeness (QED) is 0.931. The predicted molar refractivity (Wildman–Crippen MR) is 74.2 cm³/mol. The molecule has 0 saturated heterocycles. The van der Waals surface area contributed by atoms with Crippen LogP contribution >= 0.6 is 0 Å². The Bertz CT molecular complexity index is 812. The van der Waals surface area contributed by atoms with Crippen molar-refractivity contribution in [2.24, 2.45) is 0 Å². The highest BCUT2D eigenvalue weighted by atomic mass is 32.2. The van der Waals surface area contributed by atoms with E-state index in [2.05, 4.69) is 5.10 Å². The van der Waals surface area contributed by atoms with Crippen LogP contribution in [0.25, 0.3) is 11.1 Å². The maximum atomic E-state index is 13.7. The first-order valence-electron chi connectivity index (χ1n) is 6.08. The average Bonchev–Trinajstić information content (AvgIpc) is 2.91. The Balaban J connectivity index is 2.63. The molecule has 2 rings (SSSR count). The van der Waals surface area contributed by atoms with Gasteiger partial charge in [0.1, 0.15) is 5.82 Å². The minimum Gasteiger partial charge on any atom is -0.478 e. The fourth-order valence-corrected chi connectivity index (χ4v) is 2.56. The molecule has 0 fully saturated rings. The number of aromatic carboxylic acids is 1. The number of halogens is 1. The van der Waals surface area contributed by atoms with Crippen LogP contribution in [-0.4, -0.2) is 34.4 Å². The molecule has 0 spiro atoms. The second-order valence-electron chi connectivity index (χ2n) is 4.45. The van der Waals surface area contributed by atoms with Gasteiger partial charge in [-0.3, -0.25) is 0 Å². The summed E-state index contributed by atoms with van der Waals surface area (Å²) in [4.78, 5) is 11.3. The summed E-state index contributed by atoms with van der Waals surface area (Å²) in [5, 5.41) is 12.9. The zero-order chi connectivity index (χ0) is 15.8. The zero-order valence-electron chi connectivity index (χ0n) is 11.4. The van der Waals surface area contributed by atoms with E-state index in [9.17, 15) is 22.7 Å². The van der Waals surface area contributed by atoms with E-state index in [4.69, 9.17) is 0 Å². The average molecular weight is 312 g/mol. The van der Waals surface area contributed by atoms with Crippen molar-refractivity contribution < 1.29 is 22.7 Å². The molecule has 0 aliphatic rings. The van der Waals surface area contributed by atoms with E-state index < -0.39 is 21.8 Å². The van der Waals surface area contributed by atoms with Crippen LogP contribution in [0, 0.1) is 12.7 Å². The molecule has 0 amide bonds. The molecule has 0 aliphatic carbocycles. The van der Waals surface area contributed by atoms with Crippen LogP contribution in [0.3, 0.4) is 0 Å². The molecule has 0 bridgehead atoms. The Morgan fingerprint density at radius 3 is 2.67 bits per heavy atom. The second kappa shape index (κ2) is 5.28. The summed E-state index contributed by atoms with van der Waals surface area (Å²) in [7, 11) is -3.57. The summed E-state index contributed by atoms with van der Waals surface area (Å²) in [5.74, 6) is -1.94. The van der Waals surface area contributed by atoms with E-state index in [1.54, 1.807) is 0 Å². The van der Waals surface area contributed by atoms with Gasteiger partial charge in [-0.15, -0.1) is 0 Å². The fraction of sp³-hybridized carbons (Fsp3) is 0.231. The molecular weight excluding hydrogens is 299 g/mol. The summed E-state index contributed by atoms with van der Waals surface area (Å²) < 4.78 is 37.8. The van der Waals surface area contributed by atoms with Crippen molar-refractivity contribution in [2.75, 3.05) is 5.75 Å². The number of carboxylic acid groups (broad SMARTS) is 1. The number of nitrogens with zero attached hydrogens (tertiary/aromatic N) is 2. The lowest BCUT2D eigenvalue weighted by Crippen LogP contribution is -2.14. The molecule has 0 atom stereocenters. The summed E-state index contributed by atoms with van der Waals surface area (Å²) >= 11 is 0. The number of carboxylic acids is 1. The normalized spacial score (nSPS) is 11.6. The molecule has 1 N–H and O–H groups in total. The zero-order valence-corrected chi connectivity index (χ0v) is 12.2.